The van der Waals surface area contributed by atoms with Crippen LogP contribution in [0.3, 0.4) is 0 Å². The zero-order valence-electron chi connectivity index (χ0n) is 10.6. The number of allylic oxidation sites excluding steroid dienone is 1. The fraction of sp³-hybridized carbons (Fsp3) is 0.786. The van der Waals surface area contributed by atoms with Gasteiger partial charge in [-0.1, -0.05) is 6.08 Å². The highest BCUT2D eigenvalue weighted by atomic mass is 15.2. The van der Waals surface area contributed by atoms with E-state index in [9.17, 15) is 0 Å². The molecule has 0 spiro atoms. The summed E-state index contributed by atoms with van der Waals surface area (Å²) in [6.45, 7) is 4.99. The largest absolute Gasteiger partial charge is 0.317 e. The van der Waals surface area contributed by atoms with Crippen LogP contribution >= 0.6 is 0 Å². The van der Waals surface area contributed by atoms with E-state index in [-0.39, 0.29) is 0 Å². The van der Waals surface area contributed by atoms with Gasteiger partial charge in [-0.3, -0.25) is 4.99 Å². The van der Waals surface area contributed by atoms with Gasteiger partial charge in [-0.05, 0) is 57.8 Å². The molecule has 0 aromatic heterocycles. The van der Waals surface area contributed by atoms with Crippen molar-refractivity contribution >= 4 is 5.71 Å². The number of piperidine rings is 2. The number of nitrogens with one attached hydrogen (secondary N) is 1. The van der Waals surface area contributed by atoms with E-state index in [1.165, 1.54) is 57.6 Å². The average Bonchev–Trinajstić information content (AvgIpc) is 2.94. The van der Waals surface area contributed by atoms with E-state index >= 15 is 0 Å². The second-order valence-corrected chi connectivity index (χ2v) is 5.50. The Hall–Kier alpha value is -0.670. The maximum absolute atomic E-state index is 4.50. The van der Waals surface area contributed by atoms with E-state index in [1.807, 2.05) is 6.20 Å². The molecule has 17 heavy (non-hydrogen) atoms. The number of nitrogens with zero attached hydrogens (tertiary/aromatic N) is 2. The topological polar surface area (TPSA) is 27.6 Å². The summed E-state index contributed by atoms with van der Waals surface area (Å²) in [4.78, 5) is 7.23. The van der Waals surface area contributed by atoms with Gasteiger partial charge in [0, 0.05) is 24.4 Å². The fourth-order valence-electron chi connectivity index (χ4n) is 3.42. The molecule has 0 amide bonds. The predicted molar refractivity (Wildman–Crippen MR) is 71.4 cm³/mol. The Balaban J connectivity index is 1.49. The minimum absolute atomic E-state index is 0.767. The quantitative estimate of drug-likeness (QED) is 0.787. The Morgan fingerprint density at radius 3 is 2.53 bits per heavy atom. The molecule has 2 fully saturated rings. The number of rotatable bonds is 2. The molecule has 0 aromatic rings. The van der Waals surface area contributed by atoms with E-state index in [4.69, 9.17) is 0 Å². The molecule has 0 saturated carbocycles. The summed E-state index contributed by atoms with van der Waals surface area (Å²) in [5, 5.41) is 3.45. The Kier molecular flexibility index (Phi) is 3.57. The number of likely N-dealkylation sites (tertiary alicyclic amines) is 1. The standard InChI is InChI=1S/C14H23N3/c1-2-14(16-7-1)12-5-10-17(11-6-12)13-3-8-15-9-4-13/h1,7,12-13,15H,2-6,8-11H2. The van der Waals surface area contributed by atoms with Gasteiger partial charge >= 0.3 is 0 Å². The minimum Gasteiger partial charge on any atom is -0.317 e. The third-order valence-corrected chi connectivity index (χ3v) is 4.50. The van der Waals surface area contributed by atoms with Crippen LogP contribution < -0.4 is 5.32 Å². The Morgan fingerprint density at radius 1 is 1.12 bits per heavy atom. The molecule has 3 aliphatic rings. The number of aliphatic imine (C=N–C) groups is 1. The van der Waals surface area contributed by atoms with Gasteiger partial charge in [0.2, 0.25) is 0 Å². The van der Waals surface area contributed by atoms with E-state index in [0.717, 1.165) is 18.4 Å². The lowest BCUT2D eigenvalue weighted by Crippen LogP contribution is -2.47. The monoisotopic (exact) mass is 233 g/mol. The van der Waals surface area contributed by atoms with Gasteiger partial charge in [-0.2, -0.15) is 0 Å². The zero-order valence-corrected chi connectivity index (χ0v) is 10.6. The predicted octanol–water partition coefficient (Wildman–Crippen LogP) is 1.81. The second kappa shape index (κ2) is 5.32. The van der Waals surface area contributed by atoms with Gasteiger partial charge in [0.05, 0.1) is 0 Å². The molecule has 3 heterocycles. The molecule has 3 nitrogen and oxygen atoms in total. The van der Waals surface area contributed by atoms with Crippen molar-refractivity contribution in [2.24, 2.45) is 10.9 Å². The molecule has 94 valence electrons. The van der Waals surface area contributed by atoms with E-state index in [1.54, 1.807) is 0 Å². The first kappa shape index (κ1) is 11.4. The lowest BCUT2D eigenvalue weighted by Gasteiger charge is -2.39. The van der Waals surface area contributed by atoms with Crippen molar-refractivity contribution in [3.8, 4) is 0 Å². The highest BCUT2D eigenvalue weighted by Crippen LogP contribution is 2.25. The molecule has 0 bridgehead atoms. The van der Waals surface area contributed by atoms with Gasteiger partial charge in [0.1, 0.15) is 0 Å². The molecule has 0 radical (unpaired) electrons. The van der Waals surface area contributed by atoms with Gasteiger partial charge in [-0.25, -0.2) is 0 Å². The lowest BCUT2D eigenvalue weighted by molar-refractivity contribution is 0.125. The summed E-state index contributed by atoms with van der Waals surface area (Å²) in [5.74, 6) is 0.767. The highest BCUT2D eigenvalue weighted by molar-refractivity contribution is 5.90. The maximum atomic E-state index is 4.50. The first-order valence-electron chi connectivity index (χ1n) is 7.10. The van der Waals surface area contributed by atoms with Crippen LogP contribution in [0.1, 0.15) is 32.1 Å². The third kappa shape index (κ3) is 2.61. The fourth-order valence-corrected chi connectivity index (χ4v) is 3.42. The summed E-state index contributed by atoms with van der Waals surface area (Å²) in [7, 11) is 0. The van der Waals surface area contributed by atoms with E-state index in [0.29, 0.717) is 0 Å². The Morgan fingerprint density at radius 2 is 1.88 bits per heavy atom. The van der Waals surface area contributed by atoms with Crippen LogP contribution in [-0.2, 0) is 0 Å². The Bertz CT molecular complexity index is 307. The van der Waals surface area contributed by atoms with Crippen LogP contribution in [0.4, 0.5) is 0 Å². The van der Waals surface area contributed by atoms with Crippen LogP contribution in [0, 0.1) is 5.92 Å². The molecule has 1 N–H and O–H groups in total. The lowest BCUT2D eigenvalue weighted by atomic mass is 9.89. The summed E-state index contributed by atoms with van der Waals surface area (Å²) >= 11 is 0. The van der Waals surface area contributed by atoms with Crippen molar-refractivity contribution in [3.63, 3.8) is 0 Å². The van der Waals surface area contributed by atoms with Crippen LogP contribution in [0.5, 0.6) is 0 Å². The molecule has 3 rings (SSSR count). The van der Waals surface area contributed by atoms with Crippen molar-refractivity contribution < 1.29 is 0 Å². The SMILES string of the molecule is C1=CN=C(C2CCN(C3CCNCC3)CC2)C1. The molecule has 3 heteroatoms. The van der Waals surface area contributed by atoms with Crippen molar-refractivity contribution in [2.45, 2.75) is 38.1 Å². The van der Waals surface area contributed by atoms with Gasteiger partial charge in [-0.15, -0.1) is 0 Å². The maximum Gasteiger partial charge on any atom is 0.0249 e. The molecule has 3 aliphatic heterocycles. The van der Waals surface area contributed by atoms with Crippen molar-refractivity contribution in [3.05, 3.63) is 12.3 Å². The first-order valence-corrected chi connectivity index (χ1v) is 7.10. The zero-order chi connectivity index (χ0) is 11.5. The average molecular weight is 233 g/mol. The third-order valence-electron chi connectivity index (χ3n) is 4.50. The number of hydrogen-bond acceptors (Lipinski definition) is 3. The van der Waals surface area contributed by atoms with Crippen molar-refractivity contribution in [1.82, 2.24) is 10.2 Å². The van der Waals surface area contributed by atoms with Crippen LogP contribution in [0.15, 0.2) is 17.3 Å². The molecular weight excluding hydrogens is 210 g/mol. The van der Waals surface area contributed by atoms with Crippen molar-refractivity contribution in [1.29, 1.82) is 0 Å². The van der Waals surface area contributed by atoms with Crippen LogP contribution in [0.25, 0.3) is 0 Å². The van der Waals surface area contributed by atoms with Crippen molar-refractivity contribution in [2.75, 3.05) is 26.2 Å². The normalized spacial score (nSPS) is 28.6. The minimum atomic E-state index is 0.767. The van der Waals surface area contributed by atoms with Crippen LogP contribution in [0.2, 0.25) is 0 Å². The molecule has 2 saturated heterocycles. The number of hydrogen-bond donors (Lipinski definition) is 1. The summed E-state index contributed by atoms with van der Waals surface area (Å²) in [6.07, 6.45) is 10.6. The van der Waals surface area contributed by atoms with Gasteiger partial charge in [0.25, 0.3) is 0 Å². The highest BCUT2D eigenvalue weighted by Gasteiger charge is 2.28. The smallest absolute Gasteiger partial charge is 0.0249 e. The Labute approximate surface area is 104 Å². The summed E-state index contributed by atoms with van der Waals surface area (Å²) < 4.78 is 0. The second-order valence-electron chi connectivity index (χ2n) is 5.50. The summed E-state index contributed by atoms with van der Waals surface area (Å²) in [5.41, 5.74) is 1.44. The van der Waals surface area contributed by atoms with Crippen LogP contribution in [-0.4, -0.2) is 42.8 Å². The molecule has 0 atom stereocenters. The molecule has 0 aliphatic carbocycles. The van der Waals surface area contributed by atoms with Gasteiger partial charge in [0.15, 0.2) is 0 Å². The van der Waals surface area contributed by atoms with E-state index in [2.05, 4.69) is 21.3 Å². The van der Waals surface area contributed by atoms with Gasteiger partial charge < -0.3 is 10.2 Å². The van der Waals surface area contributed by atoms with E-state index < -0.39 is 0 Å². The molecule has 0 aromatic carbocycles. The first-order chi connectivity index (χ1) is 8.43. The molecular formula is C14H23N3. The molecule has 0 unspecified atom stereocenters. The summed E-state index contributed by atoms with van der Waals surface area (Å²) in [6, 6.07) is 0.848.